The Morgan fingerprint density at radius 1 is 0.235 bits per heavy atom. The lowest BCUT2D eigenvalue weighted by Gasteiger charge is -2.17. The van der Waals surface area contributed by atoms with Crippen LogP contribution in [0, 0.1) is 0 Å². The molecule has 0 N–H and O–H groups in total. The molecule has 0 fully saturated rings. The first-order valence-corrected chi connectivity index (χ1v) is 23.0. The van der Waals surface area contributed by atoms with Gasteiger partial charge in [0.25, 0.3) is 0 Å². The van der Waals surface area contributed by atoms with Crippen LogP contribution in [0.1, 0.15) is 0 Å². The molecule has 3 heterocycles. The average Bonchev–Trinajstić information content (AvgIpc) is 3.94. The predicted octanol–water partition coefficient (Wildman–Crippen LogP) is 16.1. The topological polar surface area (TPSA) is 48.5 Å². The Morgan fingerprint density at radius 3 is 1.26 bits per heavy atom. The van der Waals surface area contributed by atoms with Crippen molar-refractivity contribution >= 4 is 43.6 Å². The third-order valence-electron chi connectivity index (χ3n) is 13.2. The SMILES string of the molecule is c1ccc(-c2ccc(-c3ccc(-c4nc(-c5ccccc5)nc(-c5cccc(-n6c7ccccc7c7ccccc76)c5)n4)cc3-n3c4ccccc4c4cc(-c5ccccc5)ccc43)cc2)cc1. The highest BCUT2D eigenvalue weighted by Gasteiger charge is 2.21. The van der Waals surface area contributed by atoms with Crippen molar-refractivity contribution in [2.75, 3.05) is 0 Å². The number of hydrogen-bond acceptors (Lipinski definition) is 3. The number of nitrogens with zero attached hydrogens (tertiary/aromatic N) is 5. The highest BCUT2D eigenvalue weighted by atomic mass is 15.0. The lowest BCUT2D eigenvalue weighted by atomic mass is 9.97. The lowest BCUT2D eigenvalue weighted by Crippen LogP contribution is -2.03. The van der Waals surface area contributed by atoms with Crippen molar-refractivity contribution in [1.29, 1.82) is 0 Å². The summed E-state index contributed by atoms with van der Waals surface area (Å²) in [6, 6.07) is 88.3. The molecule has 0 amide bonds. The lowest BCUT2D eigenvalue weighted by molar-refractivity contribution is 1.07. The van der Waals surface area contributed by atoms with E-state index in [2.05, 4.69) is 240 Å². The quantitative estimate of drug-likeness (QED) is 0.153. The highest BCUT2D eigenvalue weighted by Crippen LogP contribution is 2.41. The molecule has 0 aliphatic rings. The standard InChI is InChI=1S/C63H41N5/c1-4-17-42(18-5-1)44-31-33-45(34-32-44)51-37-35-49(41-60(51)68-58-30-15-12-27-54(58)55-40-47(36-38-59(55)68)43-19-6-2-7-20-43)63-65-61(46-21-8-3-9-22-46)64-62(66-63)48-23-16-24-50(39-48)67-56-28-13-10-25-52(56)53-26-11-14-29-57(53)67/h1-41H. The van der Waals surface area contributed by atoms with Gasteiger partial charge < -0.3 is 9.13 Å². The van der Waals surface area contributed by atoms with E-state index in [1.165, 1.54) is 43.8 Å². The molecule has 5 nitrogen and oxygen atoms in total. The summed E-state index contributed by atoms with van der Waals surface area (Å²) in [5, 5.41) is 4.81. The Balaban J connectivity index is 1.02. The Bertz CT molecular complexity index is 3950. The summed E-state index contributed by atoms with van der Waals surface area (Å²) in [5.41, 5.74) is 16.2. The van der Waals surface area contributed by atoms with Gasteiger partial charge in [0, 0.05) is 49.5 Å². The number of benzene rings is 10. The average molecular weight is 868 g/mol. The zero-order valence-electron chi connectivity index (χ0n) is 36.9. The van der Waals surface area contributed by atoms with E-state index in [1.807, 2.05) is 18.2 Å². The molecule has 0 radical (unpaired) electrons. The number of hydrogen-bond donors (Lipinski definition) is 0. The van der Waals surface area contributed by atoms with Crippen molar-refractivity contribution in [3.05, 3.63) is 249 Å². The van der Waals surface area contributed by atoms with Crippen LogP contribution in [0.25, 0.3) is 123 Å². The molecule has 0 saturated carbocycles. The number of aromatic nitrogens is 5. The molecule has 13 rings (SSSR count). The Kier molecular flexibility index (Phi) is 9.43. The van der Waals surface area contributed by atoms with Crippen LogP contribution < -0.4 is 0 Å². The third kappa shape index (κ3) is 6.76. The molecule has 318 valence electrons. The van der Waals surface area contributed by atoms with E-state index in [-0.39, 0.29) is 0 Å². The summed E-state index contributed by atoms with van der Waals surface area (Å²) in [6.07, 6.45) is 0. The normalized spacial score (nSPS) is 11.5. The first kappa shape index (κ1) is 39.2. The largest absolute Gasteiger partial charge is 0.309 e. The predicted molar refractivity (Wildman–Crippen MR) is 281 cm³/mol. The maximum atomic E-state index is 5.35. The van der Waals surface area contributed by atoms with Crippen molar-refractivity contribution in [3.63, 3.8) is 0 Å². The fourth-order valence-electron chi connectivity index (χ4n) is 9.95. The Hall–Kier alpha value is -9.19. The first-order valence-electron chi connectivity index (χ1n) is 23.0. The van der Waals surface area contributed by atoms with Gasteiger partial charge >= 0.3 is 0 Å². The smallest absolute Gasteiger partial charge is 0.164 e. The molecule has 0 atom stereocenters. The minimum absolute atomic E-state index is 0.593. The summed E-state index contributed by atoms with van der Waals surface area (Å²) in [5.74, 6) is 1.81. The van der Waals surface area contributed by atoms with Crippen molar-refractivity contribution in [3.8, 4) is 78.9 Å². The van der Waals surface area contributed by atoms with Crippen LogP contribution in [0.15, 0.2) is 249 Å². The molecule has 0 saturated heterocycles. The van der Waals surface area contributed by atoms with Crippen LogP contribution in [-0.4, -0.2) is 24.1 Å². The molecule has 0 unspecified atom stereocenters. The van der Waals surface area contributed by atoms with E-state index in [9.17, 15) is 0 Å². The van der Waals surface area contributed by atoms with Gasteiger partial charge in [-0.05, 0) is 76.3 Å². The van der Waals surface area contributed by atoms with E-state index in [0.29, 0.717) is 17.5 Å². The molecule has 3 aromatic heterocycles. The summed E-state index contributed by atoms with van der Waals surface area (Å²) >= 11 is 0. The van der Waals surface area contributed by atoms with Gasteiger partial charge in [-0.2, -0.15) is 0 Å². The van der Waals surface area contributed by atoms with Crippen LogP contribution >= 0.6 is 0 Å². The fourth-order valence-corrected chi connectivity index (χ4v) is 9.95. The number of fused-ring (bicyclic) bond motifs is 6. The zero-order valence-corrected chi connectivity index (χ0v) is 36.9. The van der Waals surface area contributed by atoms with E-state index in [0.717, 1.165) is 61.3 Å². The van der Waals surface area contributed by atoms with Crippen LogP contribution in [0.3, 0.4) is 0 Å². The van der Waals surface area contributed by atoms with Crippen LogP contribution in [0.5, 0.6) is 0 Å². The fraction of sp³-hybridized carbons (Fsp3) is 0. The van der Waals surface area contributed by atoms with Gasteiger partial charge in [-0.3, -0.25) is 0 Å². The molecule has 10 aromatic carbocycles. The highest BCUT2D eigenvalue weighted by molar-refractivity contribution is 6.11. The van der Waals surface area contributed by atoms with Crippen molar-refractivity contribution in [1.82, 2.24) is 24.1 Å². The van der Waals surface area contributed by atoms with Crippen LogP contribution in [0.4, 0.5) is 0 Å². The third-order valence-corrected chi connectivity index (χ3v) is 13.2. The molecule has 68 heavy (non-hydrogen) atoms. The van der Waals surface area contributed by atoms with E-state index < -0.39 is 0 Å². The van der Waals surface area contributed by atoms with Crippen molar-refractivity contribution < 1.29 is 0 Å². The monoisotopic (exact) mass is 867 g/mol. The summed E-state index contributed by atoms with van der Waals surface area (Å²) in [6.45, 7) is 0. The molecular formula is C63H41N5. The molecule has 5 heteroatoms. The van der Waals surface area contributed by atoms with Crippen molar-refractivity contribution in [2.24, 2.45) is 0 Å². The van der Waals surface area contributed by atoms with Gasteiger partial charge in [0.2, 0.25) is 0 Å². The van der Waals surface area contributed by atoms with Gasteiger partial charge in [-0.25, -0.2) is 15.0 Å². The number of para-hydroxylation sites is 3. The Labute approximate surface area is 393 Å². The van der Waals surface area contributed by atoms with Gasteiger partial charge in [0.05, 0.1) is 27.8 Å². The van der Waals surface area contributed by atoms with Gasteiger partial charge in [-0.1, -0.05) is 200 Å². The van der Waals surface area contributed by atoms with Crippen molar-refractivity contribution in [2.45, 2.75) is 0 Å². The second kappa shape index (κ2) is 16.4. The van der Waals surface area contributed by atoms with Gasteiger partial charge in [0.1, 0.15) is 0 Å². The summed E-state index contributed by atoms with van der Waals surface area (Å²) < 4.78 is 4.75. The zero-order chi connectivity index (χ0) is 45.0. The maximum absolute atomic E-state index is 5.35. The summed E-state index contributed by atoms with van der Waals surface area (Å²) in [7, 11) is 0. The molecular weight excluding hydrogens is 827 g/mol. The Morgan fingerprint density at radius 2 is 0.647 bits per heavy atom. The van der Waals surface area contributed by atoms with Crippen LogP contribution in [-0.2, 0) is 0 Å². The molecule has 13 aromatic rings. The minimum atomic E-state index is 0.593. The maximum Gasteiger partial charge on any atom is 0.164 e. The van der Waals surface area contributed by atoms with E-state index in [4.69, 9.17) is 15.0 Å². The van der Waals surface area contributed by atoms with E-state index in [1.54, 1.807) is 0 Å². The first-order chi connectivity index (χ1) is 33.7. The number of rotatable bonds is 8. The molecule has 0 spiro atoms. The van der Waals surface area contributed by atoms with Gasteiger partial charge in [0.15, 0.2) is 17.5 Å². The molecule has 0 aliphatic carbocycles. The second-order valence-electron chi connectivity index (χ2n) is 17.2. The van der Waals surface area contributed by atoms with Crippen LogP contribution in [0.2, 0.25) is 0 Å². The second-order valence-corrected chi connectivity index (χ2v) is 17.2. The molecule has 0 bridgehead atoms. The summed E-state index contributed by atoms with van der Waals surface area (Å²) in [4.78, 5) is 15.8. The van der Waals surface area contributed by atoms with E-state index >= 15 is 0 Å². The minimum Gasteiger partial charge on any atom is -0.309 e. The molecule has 0 aliphatic heterocycles. The van der Waals surface area contributed by atoms with Gasteiger partial charge in [-0.15, -0.1) is 0 Å².